The van der Waals surface area contributed by atoms with E-state index in [2.05, 4.69) is 0 Å². The van der Waals surface area contributed by atoms with Crippen LogP contribution in [0.4, 0.5) is 5.69 Å². The Morgan fingerprint density at radius 1 is 1.05 bits per heavy atom. The molecule has 0 bridgehead atoms. The van der Waals surface area contributed by atoms with Gasteiger partial charge in [0.25, 0.3) is 0 Å². The van der Waals surface area contributed by atoms with E-state index in [9.17, 15) is 13.2 Å². The molecule has 20 heavy (non-hydrogen) atoms. The van der Waals surface area contributed by atoms with Crippen LogP contribution in [0.1, 0.15) is 24.8 Å². The second kappa shape index (κ2) is 5.16. The smallest absolute Gasteiger partial charge is 0.273 e. The van der Waals surface area contributed by atoms with Crippen LogP contribution in [0.2, 0.25) is 0 Å². The number of anilines is 1. The van der Waals surface area contributed by atoms with E-state index in [0.717, 1.165) is 23.6 Å². The normalized spacial score (nSPS) is 20.2. The van der Waals surface area contributed by atoms with Crippen molar-refractivity contribution in [3.8, 4) is 0 Å². The van der Waals surface area contributed by atoms with Gasteiger partial charge in [0.05, 0.1) is 12.1 Å². The molecule has 0 atom stereocenters. The van der Waals surface area contributed by atoms with Crippen LogP contribution in [0.5, 0.6) is 0 Å². The number of rotatable bonds is 3. The molecule has 2 aliphatic heterocycles. The molecular formula is C13H16N2O4S. The first-order valence-electron chi connectivity index (χ1n) is 6.68. The van der Waals surface area contributed by atoms with Gasteiger partial charge < -0.3 is 0 Å². The summed E-state index contributed by atoms with van der Waals surface area (Å²) in [5, 5.41) is 1.42. The zero-order valence-corrected chi connectivity index (χ0v) is 11.8. The van der Waals surface area contributed by atoms with Crippen LogP contribution in [0.3, 0.4) is 0 Å². The fourth-order valence-corrected chi connectivity index (χ4v) is 3.79. The Morgan fingerprint density at radius 2 is 1.75 bits per heavy atom. The lowest BCUT2D eigenvalue weighted by molar-refractivity contribution is -0.116. The molecule has 0 aromatic heterocycles. The third-order valence-corrected chi connectivity index (χ3v) is 4.76. The molecule has 2 aliphatic rings. The summed E-state index contributed by atoms with van der Waals surface area (Å²) in [4.78, 5) is 12.0. The quantitative estimate of drug-likeness (QED) is 0.839. The number of amides is 1. The first-order valence-corrected chi connectivity index (χ1v) is 8.05. The second-order valence-electron chi connectivity index (χ2n) is 4.99. The second-order valence-corrected chi connectivity index (χ2v) is 6.36. The maximum absolute atomic E-state index is 12.3. The number of hydrogen-bond donors (Lipinski definition) is 0. The summed E-state index contributed by atoms with van der Waals surface area (Å²) in [7, 11) is -4.11. The van der Waals surface area contributed by atoms with Crippen molar-refractivity contribution in [2.24, 2.45) is 0 Å². The van der Waals surface area contributed by atoms with Gasteiger partial charge in [-0.1, -0.05) is 24.6 Å². The third-order valence-electron chi connectivity index (χ3n) is 3.52. The van der Waals surface area contributed by atoms with Crippen molar-refractivity contribution >= 4 is 21.9 Å². The van der Waals surface area contributed by atoms with Crippen LogP contribution >= 0.6 is 0 Å². The van der Waals surface area contributed by atoms with Gasteiger partial charge in [-0.15, -0.1) is 0 Å². The largest absolute Gasteiger partial charge is 0.385 e. The summed E-state index contributed by atoms with van der Waals surface area (Å²) < 4.78 is 30.5. The SMILES string of the molecule is O=C1Cc2ccccc2N1S(=O)(=O)ON1CCCCC1. The van der Waals surface area contributed by atoms with E-state index < -0.39 is 16.2 Å². The lowest BCUT2D eigenvalue weighted by Crippen LogP contribution is -2.41. The molecule has 7 heteroatoms. The van der Waals surface area contributed by atoms with Crippen molar-refractivity contribution in [2.45, 2.75) is 25.7 Å². The molecule has 1 saturated heterocycles. The van der Waals surface area contributed by atoms with Gasteiger partial charge in [-0.25, -0.2) is 0 Å². The van der Waals surface area contributed by atoms with Crippen molar-refractivity contribution < 1.29 is 17.5 Å². The molecule has 108 valence electrons. The van der Waals surface area contributed by atoms with E-state index in [1.807, 2.05) is 0 Å². The minimum Gasteiger partial charge on any atom is -0.273 e. The Balaban J connectivity index is 1.85. The topological polar surface area (TPSA) is 66.9 Å². The maximum Gasteiger partial charge on any atom is 0.385 e. The number of carbonyl (C=O) groups excluding carboxylic acids is 1. The summed E-state index contributed by atoms with van der Waals surface area (Å²) in [5.41, 5.74) is 1.11. The number of piperidine rings is 1. The van der Waals surface area contributed by atoms with Crippen molar-refractivity contribution in [1.82, 2.24) is 5.06 Å². The van der Waals surface area contributed by atoms with Crippen LogP contribution in [0, 0.1) is 0 Å². The van der Waals surface area contributed by atoms with E-state index in [1.165, 1.54) is 5.06 Å². The molecular weight excluding hydrogens is 280 g/mol. The monoisotopic (exact) mass is 296 g/mol. The van der Waals surface area contributed by atoms with E-state index in [4.69, 9.17) is 4.28 Å². The molecule has 0 radical (unpaired) electrons. The number of para-hydroxylation sites is 1. The molecule has 1 fully saturated rings. The van der Waals surface area contributed by atoms with E-state index >= 15 is 0 Å². The maximum atomic E-state index is 12.3. The highest BCUT2D eigenvalue weighted by Crippen LogP contribution is 2.31. The molecule has 0 spiro atoms. The Hall–Kier alpha value is -1.44. The third kappa shape index (κ3) is 2.44. The van der Waals surface area contributed by atoms with E-state index in [1.54, 1.807) is 24.3 Å². The van der Waals surface area contributed by atoms with Crippen LogP contribution in [-0.2, 0) is 25.8 Å². The fourth-order valence-electron chi connectivity index (χ4n) is 2.58. The highest BCUT2D eigenvalue weighted by Gasteiger charge is 2.38. The van der Waals surface area contributed by atoms with Crippen LogP contribution in [0.15, 0.2) is 24.3 Å². The highest BCUT2D eigenvalue weighted by atomic mass is 32.2. The van der Waals surface area contributed by atoms with Gasteiger partial charge in [0.2, 0.25) is 5.91 Å². The van der Waals surface area contributed by atoms with Crippen LogP contribution < -0.4 is 4.31 Å². The summed E-state index contributed by atoms with van der Waals surface area (Å²) >= 11 is 0. The zero-order valence-electron chi connectivity index (χ0n) is 11.0. The number of fused-ring (bicyclic) bond motifs is 1. The van der Waals surface area contributed by atoms with Crippen molar-refractivity contribution in [1.29, 1.82) is 0 Å². The molecule has 1 aromatic carbocycles. The van der Waals surface area contributed by atoms with Gasteiger partial charge in [-0.2, -0.15) is 22.1 Å². The molecule has 3 rings (SSSR count). The zero-order chi connectivity index (χ0) is 14.2. The summed E-state index contributed by atoms with van der Waals surface area (Å²) in [6.45, 7) is 1.14. The molecule has 0 unspecified atom stereocenters. The Morgan fingerprint density at radius 3 is 2.50 bits per heavy atom. The summed E-state index contributed by atoms with van der Waals surface area (Å²) in [6.07, 6.45) is 2.98. The van der Waals surface area contributed by atoms with Gasteiger partial charge in [-0.3, -0.25) is 4.79 Å². The van der Waals surface area contributed by atoms with Crippen molar-refractivity contribution in [2.75, 3.05) is 17.4 Å². The lowest BCUT2D eigenvalue weighted by Gasteiger charge is -2.27. The van der Waals surface area contributed by atoms with Gasteiger partial charge in [0.15, 0.2) is 0 Å². The molecule has 6 nitrogen and oxygen atoms in total. The number of carbonyl (C=O) groups is 1. The highest BCUT2D eigenvalue weighted by molar-refractivity contribution is 7.89. The van der Waals surface area contributed by atoms with Crippen molar-refractivity contribution in [3.63, 3.8) is 0 Å². The first-order chi connectivity index (χ1) is 9.58. The average Bonchev–Trinajstić information content (AvgIpc) is 2.75. The summed E-state index contributed by atoms with van der Waals surface area (Å²) in [6, 6.07) is 6.87. The van der Waals surface area contributed by atoms with Gasteiger partial charge >= 0.3 is 10.3 Å². The molecule has 1 aromatic rings. The van der Waals surface area contributed by atoms with Crippen LogP contribution in [0.25, 0.3) is 0 Å². The van der Waals surface area contributed by atoms with Crippen molar-refractivity contribution in [3.05, 3.63) is 29.8 Å². The first kappa shape index (κ1) is 13.5. The lowest BCUT2D eigenvalue weighted by atomic mass is 10.2. The van der Waals surface area contributed by atoms with Crippen LogP contribution in [-0.4, -0.2) is 32.5 Å². The number of hydrogen-bond acceptors (Lipinski definition) is 5. The Kier molecular flexibility index (Phi) is 3.49. The molecule has 0 aliphatic carbocycles. The number of nitrogens with zero attached hydrogens (tertiary/aromatic N) is 2. The molecule has 1 amide bonds. The Bertz CT molecular complexity index is 623. The van der Waals surface area contributed by atoms with E-state index in [-0.39, 0.29) is 6.42 Å². The fraction of sp³-hybridized carbons (Fsp3) is 0.462. The Labute approximate surface area is 118 Å². The predicted molar refractivity (Wildman–Crippen MR) is 73.1 cm³/mol. The minimum absolute atomic E-state index is 0.0960. The molecule has 0 saturated carbocycles. The average molecular weight is 296 g/mol. The molecule has 2 heterocycles. The van der Waals surface area contributed by atoms with Gasteiger partial charge in [-0.05, 0) is 24.5 Å². The van der Waals surface area contributed by atoms with Gasteiger partial charge in [0.1, 0.15) is 0 Å². The van der Waals surface area contributed by atoms with E-state index in [0.29, 0.717) is 24.3 Å². The summed E-state index contributed by atoms with van der Waals surface area (Å²) in [5.74, 6) is -0.469. The predicted octanol–water partition coefficient (Wildman–Crippen LogP) is 1.24. The molecule has 0 N–H and O–H groups in total. The number of hydroxylamine groups is 2. The van der Waals surface area contributed by atoms with Gasteiger partial charge in [0, 0.05) is 13.1 Å². The number of benzene rings is 1. The minimum atomic E-state index is -4.11. The standard InChI is InChI=1S/C13H16N2O4S/c16-13-10-11-6-2-3-7-12(11)15(13)20(17,18)19-14-8-4-1-5-9-14/h2-3,6-7H,1,4-5,8-10H2.